The number of halogens is 2. The number of morpholine rings is 1. The highest BCUT2D eigenvalue weighted by Crippen LogP contribution is 2.49. The first-order chi connectivity index (χ1) is 12.6. The fourth-order valence-electron chi connectivity index (χ4n) is 3.44. The second kappa shape index (κ2) is 7.10. The zero-order valence-electron chi connectivity index (χ0n) is 14.3. The number of nitrogens with zero attached hydrogens (tertiary/aromatic N) is 1. The van der Waals surface area contributed by atoms with Crippen LogP contribution in [-0.2, 0) is 14.9 Å². The summed E-state index contributed by atoms with van der Waals surface area (Å²) in [7, 11) is 0. The van der Waals surface area contributed by atoms with E-state index in [0.717, 1.165) is 42.9 Å². The fraction of sp³-hybridized carbons (Fsp3) is 0.350. The van der Waals surface area contributed by atoms with E-state index >= 15 is 0 Å². The molecule has 1 saturated heterocycles. The number of anilines is 2. The third-order valence-electron chi connectivity index (χ3n) is 5.14. The number of carbonyl (C=O) groups is 1. The predicted octanol–water partition coefficient (Wildman–Crippen LogP) is 4.50. The molecule has 0 atom stereocenters. The maximum Gasteiger partial charge on any atom is 0.235 e. The highest BCUT2D eigenvalue weighted by Gasteiger charge is 2.51. The molecule has 1 aliphatic carbocycles. The Labute approximate surface area is 163 Å². The highest BCUT2D eigenvalue weighted by molar-refractivity contribution is 6.33. The molecule has 2 aromatic carbocycles. The number of rotatable bonds is 4. The van der Waals surface area contributed by atoms with Crippen LogP contribution in [0.4, 0.5) is 11.4 Å². The van der Waals surface area contributed by atoms with Gasteiger partial charge in [-0.15, -0.1) is 0 Å². The lowest BCUT2D eigenvalue weighted by atomic mass is 9.95. The van der Waals surface area contributed by atoms with Crippen molar-refractivity contribution in [1.29, 1.82) is 0 Å². The molecule has 1 aliphatic heterocycles. The lowest BCUT2D eigenvalue weighted by Gasteiger charge is -2.29. The van der Waals surface area contributed by atoms with Crippen LogP contribution in [0.5, 0.6) is 0 Å². The van der Waals surface area contributed by atoms with Gasteiger partial charge in [0.25, 0.3) is 0 Å². The maximum atomic E-state index is 12.9. The van der Waals surface area contributed by atoms with E-state index in [2.05, 4.69) is 10.2 Å². The van der Waals surface area contributed by atoms with Crippen molar-refractivity contribution in [2.24, 2.45) is 0 Å². The molecule has 0 spiro atoms. The molecule has 1 N–H and O–H groups in total. The van der Waals surface area contributed by atoms with Crippen molar-refractivity contribution in [1.82, 2.24) is 0 Å². The number of hydrogen-bond acceptors (Lipinski definition) is 3. The molecule has 2 fully saturated rings. The van der Waals surface area contributed by atoms with Gasteiger partial charge in [0.05, 0.1) is 29.3 Å². The average Bonchev–Trinajstić information content (AvgIpc) is 3.45. The molecule has 1 amide bonds. The van der Waals surface area contributed by atoms with Crippen molar-refractivity contribution in [3.05, 3.63) is 58.1 Å². The molecular weight excluding hydrogens is 371 g/mol. The van der Waals surface area contributed by atoms with Crippen LogP contribution in [0.3, 0.4) is 0 Å². The van der Waals surface area contributed by atoms with Gasteiger partial charge in [-0.05, 0) is 48.7 Å². The van der Waals surface area contributed by atoms with Gasteiger partial charge in [-0.3, -0.25) is 4.79 Å². The summed E-state index contributed by atoms with van der Waals surface area (Å²) in [6, 6.07) is 13.2. The first-order valence-electron chi connectivity index (χ1n) is 8.78. The number of carbonyl (C=O) groups excluding carboxylic acids is 1. The van der Waals surface area contributed by atoms with Crippen molar-refractivity contribution >= 4 is 40.5 Å². The van der Waals surface area contributed by atoms with Crippen molar-refractivity contribution < 1.29 is 9.53 Å². The zero-order chi connectivity index (χ0) is 18.1. The molecule has 0 bridgehead atoms. The molecule has 4 nitrogen and oxygen atoms in total. The normalized spacial score (nSPS) is 18.5. The van der Waals surface area contributed by atoms with Crippen LogP contribution < -0.4 is 10.2 Å². The Morgan fingerprint density at radius 1 is 1.04 bits per heavy atom. The molecule has 4 rings (SSSR count). The van der Waals surface area contributed by atoms with Crippen molar-refractivity contribution in [2.75, 3.05) is 36.5 Å². The first kappa shape index (κ1) is 17.7. The van der Waals surface area contributed by atoms with Crippen molar-refractivity contribution in [3.63, 3.8) is 0 Å². The SMILES string of the molecule is O=C(Nc1ccc(N2CCOCC2)c(Cl)c1)C1(c2ccc(Cl)cc2)CC1. The summed E-state index contributed by atoms with van der Waals surface area (Å²) in [4.78, 5) is 15.1. The Hall–Kier alpha value is -1.75. The standard InChI is InChI=1S/C20H20Cl2N2O2/c21-15-3-1-14(2-4-15)20(7-8-20)19(25)23-16-5-6-18(17(22)13-16)24-9-11-26-12-10-24/h1-6,13H,7-12H2,(H,23,25). The average molecular weight is 391 g/mol. The summed E-state index contributed by atoms with van der Waals surface area (Å²) in [5.41, 5.74) is 2.26. The van der Waals surface area contributed by atoms with Gasteiger partial charge in [0, 0.05) is 23.8 Å². The molecule has 0 radical (unpaired) electrons. The summed E-state index contributed by atoms with van der Waals surface area (Å²) in [5, 5.41) is 4.35. The van der Waals surface area contributed by atoms with Crippen LogP contribution in [0.15, 0.2) is 42.5 Å². The summed E-state index contributed by atoms with van der Waals surface area (Å²) in [6.45, 7) is 3.06. The molecule has 1 saturated carbocycles. The van der Waals surface area contributed by atoms with Gasteiger partial charge in [0.1, 0.15) is 0 Å². The van der Waals surface area contributed by atoms with E-state index in [4.69, 9.17) is 27.9 Å². The van der Waals surface area contributed by atoms with Crippen molar-refractivity contribution in [3.8, 4) is 0 Å². The summed E-state index contributed by atoms with van der Waals surface area (Å²) in [6.07, 6.45) is 1.69. The van der Waals surface area contributed by atoms with Crippen LogP contribution >= 0.6 is 23.2 Å². The van der Waals surface area contributed by atoms with Crippen LogP contribution in [0.2, 0.25) is 10.0 Å². The van der Waals surface area contributed by atoms with Crippen LogP contribution in [0, 0.1) is 0 Å². The smallest absolute Gasteiger partial charge is 0.235 e. The second-order valence-corrected chi connectivity index (χ2v) is 7.65. The highest BCUT2D eigenvalue weighted by atomic mass is 35.5. The molecule has 1 heterocycles. The molecule has 0 aromatic heterocycles. The topological polar surface area (TPSA) is 41.6 Å². The number of amides is 1. The molecule has 136 valence electrons. The monoisotopic (exact) mass is 390 g/mol. The van der Waals surface area contributed by atoms with Crippen molar-refractivity contribution in [2.45, 2.75) is 18.3 Å². The molecule has 2 aromatic rings. The predicted molar refractivity (Wildman–Crippen MR) is 105 cm³/mol. The number of hydrogen-bond donors (Lipinski definition) is 1. The lowest BCUT2D eigenvalue weighted by molar-refractivity contribution is -0.118. The molecular formula is C20H20Cl2N2O2. The Morgan fingerprint density at radius 2 is 1.73 bits per heavy atom. The third-order valence-corrected chi connectivity index (χ3v) is 5.69. The summed E-state index contributed by atoms with van der Waals surface area (Å²) in [5.74, 6) is 0.00927. The Morgan fingerprint density at radius 3 is 2.35 bits per heavy atom. The third kappa shape index (κ3) is 3.41. The number of ether oxygens (including phenoxy) is 1. The quantitative estimate of drug-likeness (QED) is 0.835. The van der Waals surface area contributed by atoms with E-state index < -0.39 is 5.41 Å². The Bertz CT molecular complexity index is 813. The lowest BCUT2D eigenvalue weighted by Crippen LogP contribution is -2.36. The summed E-state index contributed by atoms with van der Waals surface area (Å²) < 4.78 is 5.38. The van der Waals surface area contributed by atoms with E-state index in [1.807, 2.05) is 42.5 Å². The molecule has 26 heavy (non-hydrogen) atoms. The Kier molecular flexibility index (Phi) is 4.82. The van der Waals surface area contributed by atoms with Crippen LogP contribution in [0.1, 0.15) is 18.4 Å². The first-order valence-corrected chi connectivity index (χ1v) is 9.54. The van der Waals surface area contributed by atoms with Gasteiger partial charge < -0.3 is 15.0 Å². The van der Waals surface area contributed by atoms with Gasteiger partial charge in [-0.25, -0.2) is 0 Å². The van der Waals surface area contributed by atoms with Gasteiger partial charge in [0.15, 0.2) is 0 Å². The molecule has 2 aliphatic rings. The van der Waals surface area contributed by atoms with E-state index in [1.165, 1.54) is 0 Å². The minimum Gasteiger partial charge on any atom is -0.378 e. The van der Waals surface area contributed by atoms with Gasteiger partial charge in [-0.1, -0.05) is 35.3 Å². The van der Waals surface area contributed by atoms with Crippen LogP contribution in [0.25, 0.3) is 0 Å². The molecule has 0 unspecified atom stereocenters. The minimum atomic E-state index is -0.444. The second-order valence-electron chi connectivity index (χ2n) is 6.81. The van der Waals surface area contributed by atoms with E-state index in [-0.39, 0.29) is 5.91 Å². The van der Waals surface area contributed by atoms with Crippen LogP contribution in [-0.4, -0.2) is 32.2 Å². The number of nitrogens with one attached hydrogen (secondary N) is 1. The maximum absolute atomic E-state index is 12.9. The van der Waals surface area contributed by atoms with E-state index in [0.29, 0.717) is 23.3 Å². The summed E-state index contributed by atoms with van der Waals surface area (Å²) >= 11 is 12.4. The van der Waals surface area contributed by atoms with E-state index in [9.17, 15) is 4.79 Å². The minimum absolute atomic E-state index is 0.00927. The Balaban J connectivity index is 1.49. The largest absolute Gasteiger partial charge is 0.378 e. The van der Waals surface area contributed by atoms with Gasteiger partial charge in [-0.2, -0.15) is 0 Å². The van der Waals surface area contributed by atoms with Gasteiger partial charge >= 0.3 is 0 Å². The zero-order valence-corrected chi connectivity index (χ0v) is 15.8. The number of benzene rings is 2. The van der Waals surface area contributed by atoms with Gasteiger partial charge in [0.2, 0.25) is 5.91 Å². The molecule has 6 heteroatoms. The fourth-order valence-corrected chi connectivity index (χ4v) is 3.86. The van der Waals surface area contributed by atoms with E-state index in [1.54, 1.807) is 0 Å².